The van der Waals surface area contributed by atoms with E-state index in [2.05, 4.69) is 24.5 Å². The summed E-state index contributed by atoms with van der Waals surface area (Å²) in [6.45, 7) is 7.87. The van der Waals surface area contributed by atoms with Crippen LogP contribution >= 0.6 is 0 Å². The molecule has 110 valence electrons. The van der Waals surface area contributed by atoms with Gasteiger partial charge in [-0.2, -0.15) is 0 Å². The fourth-order valence-corrected chi connectivity index (χ4v) is 2.76. The van der Waals surface area contributed by atoms with Gasteiger partial charge in [0, 0.05) is 12.1 Å². The van der Waals surface area contributed by atoms with Gasteiger partial charge < -0.3 is 15.7 Å². The Labute approximate surface area is 115 Å². The fraction of sp³-hybridized carbons (Fsp3) is 0.857. The summed E-state index contributed by atoms with van der Waals surface area (Å²) in [5.74, 6) is -0.462. The van der Waals surface area contributed by atoms with Crippen molar-refractivity contribution >= 4 is 12.0 Å². The minimum absolute atomic E-state index is 0.123. The van der Waals surface area contributed by atoms with Gasteiger partial charge >= 0.3 is 12.0 Å². The van der Waals surface area contributed by atoms with Crippen molar-refractivity contribution in [2.75, 3.05) is 0 Å². The molecule has 5 heteroatoms. The summed E-state index contributed by atoms with van der Waals surface area (Å²) < 4.78 is 0. The molecule has 1 fully saturated rings. The fourth-order valence-electron chi connectivity index (χ4n) is 2.76. The van der Waals surface area contributed by atoms with Crippen LogP contribution in [0.3, 0.4) is 0 Å². The highest BCUT2D eigenvalue weighted by molar-refractivity contribution is 5.79. The lowest BCUT2D eigenvalue weighted by Crippen LogP contribution is -2.52. The number of carboxylic acid groups (broad SMARTS) is 1. The van der Waals surface area contributed by atoms with Crippen LogP contribution < -0.4 is 10.6 Å². The van der Waals surface area contributed by atoms with Crippen molar-refractivity contribution in [3.8, 4) is 0 Å². The van der Waals surface area contributed by atoms with Crippen LogP contribution in [0, 0.1) is 11.3 Å². The van der Waals surface area contributed by atoms with Crippen molar-refractivity contribution in [3.05, 3.63) is 0 Å². The van der Waals surface area contributed by atoms with Crippen molar-refractivity contribution in [3.63, 3.8) is 0 Å². The second-order valence-electron chi connectivity index (χ2n) is 6.04. The summed E-state index contributed by atoms with van der Waals surface area (Å²) >= 11 is 0. The highest BCUT2D eigenvalue weighted by Gasteiger charge is 2.46. The van der Waals surface area contributed by atoms with Gasteiger partial charge in [0.15, 0.2) is 0 Å². The molecule has 3 N–H and O–H groups in total. The van der Waals surface area contributed by atoms with E-state index in [0.717, 1.165) is 19.3 Å². The first-order valence-electron chi connectivity index (χ1n) is 7.11. The number of urea groups is 1. The Balaban J connectivity index is 2.59. The van der Waals surface area contributed by atoms with Crippen LogP contribution in [0.4, 0.5) is 4.79 Å². The lowest BCUT2D eigenvalue weighted by atomic mass is 9.85. The van der Waals surface area contributed by atoms with Gasteiger partial charge in [-0.15, -0.1) is 0 Å². The average Bonchev–Trinajstić information content (AvgIpc) is 2.69. The van der Waals surface area contributed by atoms with E-state index in [1.165, 1.54) is 0 Å². The Hall–Kier alpha value is -1.26. The van der Waals surface area contributed by atoms with Crippen LogP contribution in [-0.4, -0.2) is 29.2 Å². The van der Waals surface area contributed by atoms with E-state index < -0.39 is 11.4 Å². The number of rotatable bonds is 5. The maximum absolute atomic E-state index is 12.0. The number of carbonyl (C=O) groups is 2. The van der Waals surface area contributed by atoms with E-state index >= 15 is 0 Å². The summed E-state index contributed by atoms with van der Waals surface area (Å²) in [7, 11) is 0. The van der Waals surface area contributed by atoms with E-state index in [9.17, 15) is 14.7 Å². The molecule has 0 aromatic carbocycles. The molecule has 0 bridgehead atoms. The second-order valence-corrected chi connectivity index (χ2v) is 6.04. The zero-order chi connectivity index (χ0) is 14.6. The quantitative estimate of drug-likeness (QED) is 0.717. The van der Waals surface area contributed by atoms with E-state index in [0.29, 0.717) is 12.3 Å². The molecule has 0 heterocycles. The molecule has 5 nitrogen and oxygen atoms in total. The number of hydrogen-bond acceptors (Lipinski definition) is 2. The van der Waals surface area contributed by atoms with E-state index in [1.54, 1.807) is 6.92 Å². The van der Waals surface area contributed by atoms with Crippen LogP contribution in [0.5, 0.6) is 0 Å². The first kappa shape index (κ1) is 15.8. The molecule has 0 aromatic rings. The standard InChI is InChI=1S/C14H26N2O3/c1-5-10(9(2)3)15-13(19)16-11-7-6-8-14(11,4)12(17)18/h9-11H,5-8H2,1-4H3,(H,17,18)(H2,15,16,19). The zero-order valence-corrected chi connectivity index (χ0v) is 12.3. The van der Waals surface area contributed by atoms with Crippen molar-refractivity contribution in [1.29, 1.82) is 0 Å². The average molecular weight is 270 g/mol. The Bertz CT molecular complexity index is 344. The summed E-state index contributed by atoms with van der Waals surface area (Å²) in [4.78, 5) is 23.3. The molecule has 0 radical (unpaired) electrons. The highest BCUT2D eigenvalue weighted by atomic mass is 16.4. The zero-order valence-electron chi connectivity index (χ0n) is 12.3. The minimum Gasteiger partial charge on any atom is -0.481 e. The Morgan fingerprint density at radius 3 is 2.53 bits per heavy atom. The first-order valence-corrected chi connectivity index (χ1v) is 7.11. The number of aliphatic carboxylic acids is 1. The van der Waals surface area contributed by atoms with Crippen LogP contribution in [0.25, 0.3) is 0 Å². The third-order valence-electron chi connectivity index (χ3n) is 4.31. The van der Waals surface area contributed by atoms with Crippen LogP contribution in [0.2, 0.25) is 0 Å². The van der Waals surface area contributed by atoms with Gasteiger partial charge in [-0.3, -0.25) is 4.79 Å². The first-order chi connectivity index (χ1) is 8.81. The molecule has 1 aliphatic carbocycles. The molecule has 0 aromatic heterocycles. The Morgan fingerprint density at radius 1 is 1.42 bits per heavy atom. The lowest BCUT2D eigenvalue weighted by Gasteiger charge is -2.29. The van der Waals surface area contributed by atoms with E-state index in [4.69, 9.17) is 0 Å². The molecular weight excluding hydrogens is 244 g/mol. The van der Waals surface area contributed by atoms with Gasteiger partial charge in [-0.1, -0.05) is 27.2 Å². The third-order valence-corrected chi connectivity index (χ3v) is 4.31. The molecule has 3 atom stereocenters. The summed E-state index contributed by atoms with van der Waals surface area (Å²) in [5, 5.41) is 15.1. The van der Waals surface area contributed by atoms with E-state index in [-0.39, 0.29) is 18.1 Å². The van der Waals surface area contributed by atoms with Crippen LogP contribution in [-0.2, 0) is 4.79 Å². The topological polar surface area (TPSA) is 78.4 Å². The molecule has 1 aliphatic rings. The predicted octanol–water partition coefficient (Wildman–Crippen LogP) is 2.36. The van der Waals surface area contributed by atoms with Crippen molar-refractivity contribution in [2.45, 2.75) is 65.5 Å². The van der Waals surface area contributed by atoms with Gasteiger partial charge in [0.2, 0.25) is 0 Å². The number of carboxylic acids is 1. The van der Waals surface area contributed by atoms with Gasteiger partial charge in [-0.25, -0.2) is 4.79 Å². The molecule has 19 heavy (non-hydrogen) atoms. The molecular formula is C14H26N2O3. The summed E-state index contributed by atoms with van der Waals surface area (Å²) in [6, 6.07) is -0.410. The molecule has 0 aliphatic heterocycles. The molecule has 1 saturated carbocycles. The molecule has 2 amide bonds. The normalized spacial score (nSPS) is 28.2. The molecule has 1 rings (SSSR count). The summed E-state index contributed by atoms with van der Waals surface area (Å²) in [5.41, 5.74) is -0.836. The third kappa shape index (κ3) is 3.61. The summed E-state index contributed by atoms with van der Waals surface area (Å²) in [6.07, 6.45) is 3.06. The number of nitrogens with one attached hydrogen (secondary N) is 2. The maximum atomic E-state index is 12.0. The predicted molar refractivity (Wildman–Crippen MR) is 74.0 cm³/mol. The van der Waals surface area contributed by atoms with Crippen LogP contribution in [0.1, 0.15) is 53.4 Å². The highest BCUT2D eigenvalue weighted by Crippen LogP contribution is 2.38. The maximum Gasteiger partial charge on any atom is 0.315 e. The molecule has 0 saturated heterocycles. The lowest BCUT2D eigenvalue weighted by molar-refractivity contribution is -0.148. The van der Waals surface area contributed by atoms with Crippen molar-refractivity contribution in [2.24, 2.45) is 11.3 Å². The Kier molecular flexibility index (Phi) is 5.20. The van der Waals surface area contributed by atoms with Crippen molar-refractivity contribution < 1.29 is 14.7 Å². The van der Waals surface area contributed by atoms with Crippen molar-refractivity contribution in [1.82, 2.24) is 10.6 Å². The minimum atomic E-state index is -0.836. The number of carbonyl (C=O) groups excluding carboxylic acids is 1. The van der Waals surface area contributed by atoms with Gasteiger partial charge in [0.1, 0.15) is 0 Å². The van der Waals surface area contributed by atoms with E-state index in [1.807, 2.05) is 6.92 Å². The van der Waals surface area contributed by atoms with Gasteiger partial charge in [-0.05, 0) is 32.1 Å². The smallest absolute Gasteiger partial charge is 0.315 e. The number of hydrogen-bond donors (Lipinski definition) is 3. The second kappa shape index (κ2) is 6.26. The van der Waals surface area contributed by atoms with Crippen LogP contribution in [0.15, 0.2) is 0 Å². The molecule has 3 unspecified atom stereocenters. The van der Waals surface area contributed by atoms with Gasteiger partial charge in [0.05, 0.1) is 5.41 Å². The van der Waals surface area contributed by atoms with Gasteiger partial charge in [0.25, 0.3) is 0 Å². The monoisotopic (exact) mass is 270 g/mol. The SMILES string of the molecule is CCC(NC(=O)NC1CCCC1(C)C(=O)O)C(C)C. The number of amides is 2. The molecule has 0 spiro atoms. The largest absolute Gasteiger partial charge is 0.481 e. The Morgan fingerprint density at radius 2 is 2.05 bits per heavy atom.